The second kappa shape index (κ2) is 5.31. The van der Waals surface area contributed by atoms with Crippen LogP contribution in [0.2, 0.25) is 0 Å². The Balaban J connectivity index is 1.79. The van der Waals surface area contributed by atoms with E-state index in [0.29, 0.717) is 23.3 Å². The van der Waals surface area contributed by atoms with Crippen LogP contribution in [0.1, 0.15) is 24.7 Å². The van der Waals surface area contributed by atoms with E-state index < -0.39 is 0 Å². The maximum absolute atomic E-state index is 6.15. The van der Waals surface area contributed by atoms with Gasteiger partial charge >= 0.3 is 0 Å². The average Bonchev–Trinajstić information content (AvgIpc) is 3.29. The lowest BCUT2D eigenvalue weighted by Crippen LogP contribution is -2.14. The fourth-order valence-corrected chi connectivity index (χ4v) is 2.78. The maximum Gasteiger partial charge on any atom is 0.276 e. The van der Waals surface area contributed by atoms with E-state index >= 15 is 0 Å². The SMILES string of the molecule is CN(C)c1cc(-c2nc(C(N)C3CC3)no2)nc2ccccc12. The lowest BCUT2D eigenvalue weighted by Gasteiger charge is -2.15. The van der Waals surface area contributed by atoms with E-state index in [1.54, 1.807) is 0 Å². The summed E-state index contributed by atoms with van der Waals surface area (Å²) in [4.78, 5) is 11.2. The number of benzene rings is 1. The van der Waals surface area contributed by atoms with Gasteiger partial charge in [0.15, 0.2) is 5.82 Å². The molecule has 1 aliphatic rings. The highest BCUT2D eigenvalue weighted by molar-refractivity contribution is 5.93. The third kappa shape index (κ3) is 2.55. The number of para-hydroxylation sites is 1. The second-order valence-electron chi connectivity index (χ2n) is 6.26. The van der Waals surface area contributed by atoms with E-state index in [4.69, 9.17) is 10.3 Å². The summed E-state index contributed by atoms with van der Waals surface area (Å²) in [6, 6.07) is 9.86. The molecule has 1 aromatic carbocycles. The van der Waals surface area contributed by atoms with Gasteiger partial charge in [0.05, 0.1) is 11.6 Å². The van der Waals surface area contributed by atoms with E-state index in [1.165, 1.54) is 0 Å². The van der Waals surface area contributed by atoms with E-state index in [9.17, 15) is 0 Å². The van der Waals surface area contributed by atoms with Gasteiger partial charge in [-0.05, 0) is 30.9 Å². The number of aromatic nitrogens is 3. The van der Waals surface area contributed by atoms with Crippen molar-refractivity contribution in [2.75, 3.05) is 19.0 Å². The number of rotatable bonds is 4. The van der Waals surface area contributed by atoms with Crippen LogP contribution in [0, 0.1) is 5.92 Å². The topological polar surface area (TPSA) is 81.1 Å². The predicted octanol–water partition coefficient (Wildman–Crippen LogP) is 2.76. The van der Waals surface area contributed by atoms with E-state index in [2.05, 4.69) is 26.1 Å². The summed E-state index contributed by atoms with van der Waals surface area (Å²) in [6.07, 6.45) is 2.29. The molecule has 1 unspecified atom stereocenters. The first-order chi connectivity index (χ1) is 11.1. The van der Waals surface area contributed by atoms with E-state index in [0.717, 1.165) is 29.4 Å². The van der Waals surface area contributed by atoms with Crippen LogP contribution in [0.5, 0.6) is 0 Å². The van der Waals surface area contributed by atoms with Gasteiger partial charge in [0, 0.05) is 25.2 Å². The zero-order valence-electron chi connectivity index (χ0n) is 13.2. The summed E-state index contributed by atoms with van der Waals surface area (Å²) in [6.45, 7) is 0. The van der Waals surface area contributed by atoms with Gasteiger partial charge in [0.2, 0.25) is 0 Å². The lowest BCUT2D eigenvalue weighted by molar-refractivity contribution is 0.410. The molecule has 1 saturated carbocycles. The Morgan fingerprint density at radius 2 is 2.00 bits per heavy atom. The Morgan fingerprint density at radius 3 is 2.74 bits per heavy atom. The molecule has 1 atom stereocenters. The van der Waals surface area contributed by atoms with Crippen molar-refractivity contribution in [2.24, 2.45) is 11.7 Å². The van der Waals surface area contributed by atoms with Gasteiger partial charge in [-0.3, -0.25) is 0 Å². The first-order valence-corrected chi connectivity index (χ1v) is 7.80. The van der Waals surface area contributed by atoms with Crippen LogP contribution in [0.3, 0.4) is 0 Å². The zero-order chi connectivity index (χ0) is 16.0. The van der Waals surface area contributed by atoms with Crippen LogP contribution in [-0.2, 0) is 0 Å². The van der Waals surface area contributed by atoms with Gasteiger partial charge in [0.25, 0.3) is 5.89 Å². The van der Waals surface area contributed by atoms with Crippen LogP contribution in [-0.4, -0.2) is 29.2 Å². The largest absolute Gasteiger partial charge is 0.377 e. The van der Waals surface area contributed by atoms with Crippen LogP contribution in [0.25, 0.3) is 22.5 Å². The number of pyridine rings is 1. The van der Waals surface area contributed by atoms with Crippen LogP contribution < -0.4 is 10.6 Å². The van der Waals surface area contributed by atoms with Gasteiger partial charge in [0.1, 0.15) is 5.69 Å². The number of fused-ring (bicyclic) bond motifs is 1. The summed E-state index contributed by atoms with van der Waals surface area (Å²) in [5, 5.41) is 5.14. The minimum atomic E-state index is -0.138. The zero-order valence-corrected chi connectivity index (χ0v) is 13.2. The van der Waals surface area contributed by atoms with Crippen molar-refractivity contribution in [2.45, 2.75) is 18.9 Å². The Labute approximate surface area is 134 Å². The minimum absolute atomic E-state index is 0.138. The van der Waals surface area contributed by atoms with Gasteiger partial charge in [-0.25, -0.2) is 4.98 Å². The Hall–Kier alpha value is -2.47. The highest BCUT2D eigenvalue weighted by Gasteiger charge is 2.32. The van der Waals surface area contributed by atoms with Crippen molar-refractivity contribution >= 4 is 16.6 Å². The molecule has 0 radical (unpaired) electrons. The molecule has 118 valence electrons. The van der Waals surface area contributed by atoms with Gasteiger partial charge in [-0.2, -0.15) is 4.98 Å². The number of nitrogens with two attached hydrogens (primary N) is 1. The van der Waals surface area contributed by atoms with E-state index in [1.807, 2.05) is 38.4 Å². The summed E-state index contributed by atoms with van der Waals surface area (Å²) < 4.78 is 5.41. The van der Waals surface area contributed by atoms with Crippen molar-refractivity contribution in [1.82, 2.24) is 15.1 Å². The lowest BCUT2D eigenvalue weighted by atomic mass is 10.1. The highest BCUT2D eigenvalue weighted by Crippen LogP contribution is 2.39. The minimum Gasteiger partial charge on any atom is -0.377 e. The molecule has 1 fully saturated rings. The van der Waals surface area contributed by atoms with Gasteiger partial charge in [-0.1, -0.05) is 23.4 Å². The van der Waals surface area contributed by atoms with Crippen molar-refractivity contribution in [3.05, 3.63) is 36.2 Å². The molecule has 2 aromatic heterocycles. The third-order valence-corrected chi connectivity index (χ3v) is 4.27. The standard InChI is InChI=1S/C17H19N5O/c1-22(2)14-9-13(19-12-6-4-3-5-11(12)14)17-20-16(21-23-17)15(18)10-7-8-10/h3-6,9-10,15H,7-8,18H2,1-2H3. The molecular weight excluding hydrogens is 290 g/mol. The summed E-state index contributed by atoms with van der Waals surface area (Å²) in [5.41, 5.74) is 8.79. The number of hydrogen-bond acceptors (Lipinski definition) is 6. The molecule has 0 aliphatic heterocycles. The molecule has 0 spiro atoms. The van der Waals surface area contributed by atoms with Crippen molar-refractivity contribution in [3.8, 4) is 11.6 Å². The molecule has 1 aliphatic carbocycles. The Kier molecular flexibility index (Phi) is 3.27. The van der Waals surface area contributed by atoms with Crippen LogP contribution >= 0.6 is 0 Å². The number of nitrogens with zero attached hydrogens (tertiary/aromatic N) is 4. The quantitative estimate of drug-likeness (QED) is 0.798. The molecule has 6 nitrogen and oxygen atoms in total. The average molecular weight is 309 g/mol. The Bertz CT molecular complexity index is 853. The third-order valence-electron chi connectivity index (χ3n) is 4.27. The molecule has 2 heterocycles. The first-order valence-electron chi connectivity index (χ1n) is 7.80. The highest BCUT2D eigenvalue weighted by atomic mass is 16.5. The summed E-state index contributed by atoms with van der Waals surface area (Å²) >= 11 is 0. The fourth-order valence-electron chi connectivity index (χ4n) is 2.78. The molecule has 2 N–H and O–H groups in total. The Morgan fingerprint density at radius 1 is 1.22 bits per heavy atom. The smallest absolute Gasteiger partial charge is 0.276 e. The normalized spacial score (nSPS) is 15.8. The number of anilines is 1. The van der Waals surface area contributed by atoms with Crippen LogP contribution in [0.4, 0.5) is 5.69 Å². The van der Waals surface area contributed by atoms with Crippen molar-refractivity contribution < 1.29 is 4.52 Å². The summed E-state index contributed by atoms with van der Waals surface area (Å²) in [7, 11) is 4.02. The van der Waals surface area contributed by atoms with Crippen molar-refractivity contribution in [3.63, 3.8) is 0 Å². The summed E-state index contributed by atoms with van der Waals surface area (Å²) in [5.74, 6) is 1.48. The maximum atomic E-state index is 6.15. The molecule has 23 heavy (non-hydrogen) atoms. The van der Waals surface area contributed by atoms with Gasteiger partial charge in [-0.15, -0.1) is 0 Å². The van der Waals surface area contributed by atoms with Crippen molar-refractivity contribution in [1.29, 1.82) is 0 Å². The van der Waals surface area contributed by atoms with Gasteiger partial charge < -0.3 is 15.2 Å². The molecule has 0 saturated heterocycles. The number of hydrogen-bond donors (Lipinski definition) is 1. The molecule has 4 rings (SSSR count). The van der Waals surface area contributed by atoms with Crippen LogP contribution in [0.15, 0.2) is 34.9 Å². The molecular formula is C17H19N5O. The molecule has 0 bridgehead atoms. The van der Waals surface area contributed by atoms with E-state index in [-0.39, 0.29) is 6.04 Å². The first kappa shape index (κ1) is 14.1. The molecule has 3 aromatic rings. The monoisotopic (exact) mass is 309 g/mol. The predicted molar refractivity (Wildman–Crippen MR) is 89.0 cm³/mol. The second-order valence-corrected chi connectivity index (χ2v) is 6.26. The molecule has 6 heteroatoms. The molecule has 0 amide bonds. The fraction of sp³-hybridized carbons (Fsp3) is 0.353.